The first-order valence-corrected chi connectivity index (χ1v) is 13.6. The Bertz CT molecular complexity index is 1800. The first-order chi connectivity index (χ1) is 19.3. The van der Waals surface area contributed by atoms with Gasteiger partial charge in [-0.2, -0.15) is 0 Å². The lowest BCUT2D eigenvalue weighted by molar-refractivity contribution is 0.262. The van der Waals surface area contributed by atoms with Gasteiger partial charge in [-0.1, -0.05) is 42.5 Å². The first-order valence-electron chi connectivity index (χ1n) is 13.6. The topological polar surface area (TPSA) is 123 Å². The van der Waals surface area contributed by atoms with E-state index in [0.717, 1.165) is 75.1 Å². The van der Waals surface area contributed by atoms with Gasteiger partial charge in [-0.15, -0.1) is 0 Å². The average Bonchev–Trinajstić information content (AvgIpc) is 3.27. The quantitative estimate of drug-likeness (QED) is 0.208. The Morgan fingerprint density at radius 1 is 1.00 bits per heavy atom. The molecule has 0 spiro atoms. The largest absolute Gasteiger partial charge is 0.382 e. The van der Waals surface area contributed by atoms with Crippen LogP contribution in [0.15, 0.2) is 66.9 Å². The van der Waals surface area contributed by atoms with Crippen molar-refractivity contribution in [3.05, 3.63) is 89.5 Å². The third kappa shape index (κ3) is 4.67. The van der Waals surface area contributed by atoms with Crippen molar-refractivity contribution in [2.45, 2.75) is 46.1 Å². The number of nitrogens with zero attached hydrogens (tertiary/aromatic N) is 3. The molecule has 1 aliphatic rings. The Labute approximate surface area is 233 Å². The lowest BCUT2D eigenvalue weighted by Crippen LogP contribution is -2.21. The molecule has 2 heterocycles. The van der Waals surface area contributed by atoms with Gasteiger partial charge >= 0.3 is 6.03 Å². The normalized spacial score (nSPS) is 15.3. The zero-order valence-corrected chi connectivity index (χ0v) is 23.0. The van der Waals surface area contributed by atoms with Gasteiger partial charge in [0, 0.05) is 22.7 Å². The van der Waals surface area contributed by atoms with Crippen LogP contribution in [-0.2, 0) is 0 Å². The Morgan fingerprint density at radius 2 is 1.75 bits per heavy atom. The third-order valence-corrected chi connectivity index (χ3v) is 7.54. The molecule has 6 N–H and O–H groups in total. The number of hydrogen-bond acceptors (Lipinski definition) is 5. The summed E-state index contributed by atoms with van der Waals surface area (Å²) in [4.78, 5) is 22.5. The fourth-order valence-electron chi connectivity index (χ4n) is 5.76. The number of benzene rings is 3. The van der Waals surface area contributed by atoms with Gasteiger partial charge in [0.25, 0.3) is 0 Å². The fraction of sp³-hybridized carbons (Fsp3) is 0.219. The standard InChI is InChI=1S/C32H33N7O/c1-18-14-19(2)16-23(15-18)37-32(40)38-27-13-12-26(24-6-4-5-7-25(24)27)29-30-31(34)35-17-28(39(30)20(3)36-29)21-8-10-22(33)11-9-21/h4-8,12-17,22H,9-11,33H2,1-3H3,(H2,34,35)(H2,37,38,40). The molecule has 5 aromatic rings. The summed E-state index contributed by atoms with van der Waals surface area (Å²) in [6, 6.07) is 17.8. The molecule has 0 fully saturated rings. The number of aryl methyl sites for hydroxylation is 3. The molecule has 0 bridgehead atoms. The van der Waals surface area contributed by atoms with Crippen LogP contribution in [0.2, 0.25) is 0 Å². The van der Waals surface area contributed by atoms with Crippen LogP contribution in [0.3, 0.4) is 0 Å². The molecular formula is C32H33N7O. The average molecular weight is 532 g/mol. The molecule has 0 saturated heterocycles. The van der Waals surface area contributed by atoms with E-state index >= 15 is 0 Å². The van der Waals surface area contributed by atoms with Crippen molar-refractivity contribution in [3.63, 3.8) is 0 Å². The molecule has 8 heteroatoms. The van der Waals surface area contributed by atoms with Gasteiger partial charge in [-0.05, 0) is 80.3 Å². The fourth-order valence-corrected chi connectivity index (χ4v) is 5.76. The van der Waals surface area contributed by atoms with Gasteiger partial charge in [0.15, 0.2) is 0 Å². The molecule has 40 heavy (non-hydrogen) atoms. The molecular weight excluding hydrogens is 498 g/mol. The van der Waals surface area contributed by atoms with E-state index in [1.807, 2.05) is 75.5 Å². The van der Waals surface area contributed by atoms with Crippen LogP contribution in [0.1, 0.15) is 41.9 Å². The molecule has 0 radical (unpaired) electrons. The van der Waals surface area contributed by atoms with Gasteiger partial charge in [-0.3, -0.25) is 4.40 Å². The van der Waals surface area contributed by atoms with Gasteiger partial charge in [0.2, 0.25) is 0 Å². The number of anilines is 3. The number of fused-ring (bicyclic) bond motifs is 2. The number of nitrogens with one attached hydrogen (secondary N) is 2. The molecule has 0 saturated carbocycles. The van der Waals surface area contributed by atoms with Crippen molar-refractivity contribution < 1.29 is 4.79 Å². The predicted molar refractivity (Wildman–Crippen MR) is 163 cm³/mol. The molecule has 8 nitrogen and oxygen atoms in total. The lowest BCUT2D eigenvalue weighted by atomic mass is 9.94. The molecule has 1 unspecified atom stereocenters. The highest BCUT2D eigenvalue weighted by molar-refractivity contribution is 6.11. The van der Waals surface area contributed by atoms with Crippen LogP contribution in [0.4, 0.5) is 22.0 Å². The smallest absolute Gasteiger partial charge is 0.323 e. The molecule has 6 rings (SSSR count). The summed E-state index contributed by atoms with van der Waals surface area (Å²) >= 11 is 0. The Hall–Kier alpha value is -4.69. The van der Waals surface area contributed by atoms with Crippen LogP contribution < -0.4 is 22.1 Å². The van der Waals surface area contributed by atoms with Crippen molar-refractivity contribution in [1.82, 2.24) is 14.4 Å². The second-order valence-electron chi connectivity index (χ2n) is 10.6. The second-order valence-corrected chi connectivity index (χ2v) is 10.6. The molecule has 3 aromatic carbocycles. The number of aromatic nitrogens is 3. The Kier molecular flexibility index (Phi) is 6.48. The number of amides is 2. The maximum Gasteiger partial charge on any atom is 0.323 e. The number of carbonyl (C=O) groups excluding carboxylic acids is 1. The van der Waals surface area contributed by atoms with E-state index in [0.29, 0.717) is 11.5 Å². The SMILES string of the molecule is Cc1cc(C)cc(NC(=O)Nc2ccc(-c3nc(C)n4c(C5=CCC(N)CC5)cnc(N)c34)c3ccccc23)c1. The van der Waals surface area contributed by atoms with Crippen LogP contribution in [-0.4, -0.2) is 26.4 Å². The predicted octanol–water partition coefficient (Wildman–Crippen LogP) is 6.60. The van der Waals surface area contributed by atoms with Crippen molar-refractivity contribution >= 4 is 45.1 Å². The minimum atomic E-state index is -0.301. The Morgan fingerprint density at radius 3 is 2.48 bits per heavy atom. The van der Waals surface area contributed by atoms with Crippen molar-refractivity contribution in [2.75, 3.05) is 16.4 Å². The summed E-state index contributed by atoms with van der Waals surface area (Å²) in [7, 11) is 0. The van der Waals surface area contributed by atoms with E-state index in [4.69, 9.17) is 16.5 Å². The van der Waals surface area contributed by atoms with E-state index < -0.39 is 0 Å². The summed E-state index contributed by atoms with van der Waals surface area (Å²) in [5, 5.41) is 7.85. The molecule has 1 atom stereocenters. The lowest BCUT2D eigenvalue weighted by Gasteiger charge is -2.20. The van der Waals surface area contributed by atoms with Gasteiger partial charge in [0.1, 0.15) is 22.9 Å². The maximum absolute atomic E-state index is 13.0. The zero-order chi connectivity index (χ0) is 28.0. The van der Waals surface area contributed by atoms with Crippen molar-refractivity contribution in [2.24, 2.45) is 5.73 Å². The van der Waals surface area contributed by atoms with Crippen LogP contribution in [0.25, 0.3) is 33.1 Å². The highest BCUT2D eigenvalue weighted by Crippen LogP contribution is 2.38. The van der Waals surface area contributed by atoms with Gasteiger partial charge in [-0.25, -0.2) is 14.8 Å². The summed E-state index contributed by atoms with van der Waals surface area (Å²) in [6.07, 6.45) is 6.72. The highest BCUT2D eigenvalue weighted by Gasteiger charge is 2.22. The van der Waals surface area contributed by atoms with Crippen molar-refractivity contribution in [3.8, 4) is 11.3 Å². The maximum atomic E-state index is 13.0. The number of carbonyl (C=O) groups is 1. The summed E-state index contributed by atoms with van der Waals surface area (Å²) < 4.78 is 2.11. The van der Waals surface area contributed by atoms with E-state index in [1.165, 1.54) is 5.57 Å². The number of nitrogens with two attached hydrogens (primary N) is 2. The van der Waals surface area contributed by atoms with Gasteiger partial charge < -0.3 is 22.1 Å². The number of hydrogen-bond donors (Lipinski definition) is 4. The van der Waals surface area contributed by atoms with Crippen LogP contribution >= 0.6 is 0 Å². The first kappa shape index (κ1) is 25.6. The summed E-state index contributed by atoms with van der Waals surface area (Å²) in [6.45, 7) is 6.01. The van der Waals surface area contributed by atoms with E-state index in [2.05, 4.69) is 32.2 Å². The van der Waals surface area contributed by atoms with Crippen molar-refractivity contribution in [1.29, 1.82) is 0 Å². The van der Waals surface area contributed by atoms with E-state index in [-0.39, 0.29) is 12.1 Å². The van der Waals surface area contributed by atoms with Gasteiger partial charge in [0.05, 0.1) is 17.6 Å². The molecule has 202 valence electrons. The zero-order valence-electron chi connectivity index (χ0n) is 23.0. The number of allylic oxidation sites excluding steroid dienone is 1. The number of nitrogen functional groups attached to an aromatic ring is 1. The van der Waals surface area contributed by atoms with Crippen LogP contribution in [0.5, 0.6) is 0 Å². The number of imidazole rings is 1. The molecule has 2 amide bonds. The molecule has 1 aliphatic carbocycles. The van der Waals surface area contributed by atoms with E-state index in [1.54, 1.807) is 0 Å². The Balaban J connectivity index is 1.41. The summed E-state index contributed by atoms with van der Waals surface area (Å²) in [5.74, 6) is 1.26. The molecule has 2 aromatic heterocycles. The number of rotatable bonds is 4. The minimum absolute atomic E-state index is 0.196. The third-order valence-electron chi connectivity index (χ3n) is 7.54. The highest BCUT2D eigenvalue weighted by atomic mass is 16.2. The summed E-state index contributed by atoms with van der Waals surface area (Å²) in [5.41, 5.74) is 20.9. The van der Waals surface area contributed by atoms with E-state index in [9.17, 15) is 4.79 Å². The van der Waals surface area contributed by atoms with Crippen LogP contribution in [0, 0.1) is 20.8 Å². The second kappa shape index (κ2) is 10.1. The minimum Gasteiger partial charge on any atom is -0.382 e. The monoisotopic (exact) mass is 531 g/mol. The molecule has 0 aliphatic heterocycles. The number of urea groups is 1.